The zero-order chi connectivity index (χ0) is 20.9. The summed E-state index contributed by atoms with van der Waals surface area (Å²) in [6.45, 7) is 7.55. The molecule has 0 bridgehead atoms. The van der Waals surface area contributed by atoms with E-state index < -0.39 is 26.5 Å². The molecule has 1 heterocycles. The molecule has 0 amide bonds. The van der Waals surface area contributed by atoms with Gasteiger partial charge in [-0.2, -0.15) is 0 Å². The first-order valence-electron chi connectivity index (χ1n) is 8.55. The average Bonchev–Trinajstić information content (AvgIpc) is 2.91. The van der Waals surface area contributed by atoms with Crippen LogP contribution in [0.2, 0.25) is 0 Å². The molecule has 1 aromatic heterocycles. The summed E-state index contributed by atoms with van der Waals surface area (Å²) in [5.41, 5.74) is 2.66. The van der Waals surface area contributed by atoms with Crippen molar-refractivity contribution in [2.45, 2.75) is 64.8 Å². The molecule has 0 fully saturated rings. The maximum atomic E-state index is 11.6. The Morgan fingerprint density at radius 1 is 1.11 bits per heavy atom. The molecule has 0 saturated heterocycles. The van der Waals surface area contributed by atoms with Gasteiger partial charge >= 0.3 is 15.2 Å². The Bertz CT molecular complexity index is 764. The predicted molar refractivity (Wildman–Crippen MR) is 103 cm³/mol. The van der Waals surface area contributed by atoms with Crippen LogP contribution >= 0.6 is 15.2 Å². The summed E-state index contributed by atoms with van der Waals surface area (Å²) in [7, 11) is -10.1. The molecule has 0 atom stereocenters. The van der Waals surface area contributed by atoms with Crippen molar-refractivity contribution in [2.75, 3.05) is 0 Å². The first-order chi connectivity index (χ1) is 12.3. The molecule has 27 heavy (non-hydrogen) atoms. The normalized spacial score (nSPS) is 13.7. The summed E-state index contributed by atoms with van der Waals surface area (Å²) >= 11 is 0. The van der Waals surface area contributed by atoms with E-state index in [1.807, 2.05) is 0 Å². The van der Waals surface area contributed by atoms with Gasteiger partial charge in [0.05, 0.1) is 5.69 Å². The van der Waals surface area contributed by atoms with E-state index in [-0.39, 0.29) is 5.69 Å². The third-order valence-electron chi connectivity index (χ3n) is 4.30. The van der Waals surface area contributed by atoms with E-state index in [2.05, 4.69) is 43.2 Å². The molecule has 0 unspecified atom stereocenters. The van der Waals surface area contributed by atoms with Crippen LogP contribution < -0.4 is 0 Å². The lowest BCUT2D eigenvalue weighted by Gasteiger charge is -2.29. The molecule has 9 nitrogen and oxygen atoms in total. The van der Waals surface area contributed by atoms with E-state index >= 15 is 0 Å². The highest BCUT2D eigenvalue weighted by molar-refractivity contribution is 7.72. The van der Waals surface area contributed by atoms with Crippen LogP contribution in [-0.2, 0) is 22.1 Å². The van der Waals surface area contributed by atoms with Gasteiger partial charge in [0.1, 0.15) is 0 Å². The van der Waals surface area contributed by atoms with Crippen LogP contribution in [0.5, 0.6) is 0 Å². The Kier molecular flexibility index (Phi) is 8.35. The Hall–Kier alpha value is -1.08. The minimum Gasteiger partial charge on any atom is -0.324 e. The van der Waals surface area contributed by atoms with E-state index in [4.69, 9.17) is 0 Å². The van der Waals surface area contributed by atoms with Crippen molar-refractivity contribution in [1.29, 1.82) is 0 Å². The topological polar surface area (TPSA) is 146 Å². The molecule has 0 aliphatic carbocycles. The van der Waals surface area contributed by atoms with E-state index in [0.29, 0.717) is 13.0 Å². The van der Waals surface area contributed by atoms with Crippen molar-refractivity contribution >= 4 is 15.2 Å². The molecule has 0 saturated carbocycles. The Morgan fingerprint density at radius 3 is 2.22 bits per heavy atom. The maximum absolute atomic E-state index is 11.6. The summed E-state index contributed by atoms with van der Waals surface area (Å²) in [5, 5.41) is 7.66. The average molecular weight is 421 g/mol. The van der Waals surface area contributed by atoms with Gasteiger partial charge in [0, 0.05) is 19.2 Å². The molecule has 4 N–H and O–H groups in total. The molecule has 11 heteroatoms. The molecule has 0 aliphatic heterocycles. The van der Waals surface area contributed by atoms with Crippen LogP contribution in [0.25, 0.3) is 0 Å². The summed E-state index contributed by atoms with van der Waals surface area (Å²) < 4.78 is 24.7. The van der Waals surface area contributed by atoms with Gasteiger partial charge in [0.2, 0.25) is 0 Å². The summed E-state index contributed by atoms with van der Waals surface area (Å²) in [6.07, 6.45) is 7.82. The number of aromatic nitrogens is 3. The first-order valence-corrected chi connectivity index (χ1v) is 11.8. The highest BCUT2D eigenvalue weighted by Gasteiger charge is 2.56. The minimum atomic E-state index is -5.07. The smallest absolute Gasteiger partial charge is 0.324 e. The van der Waals surface area contributed by atoms with E-state index in [1.54, 1.807) is 0 Å². The monoisotopic (exact) mass is 421 g/mol. The summed E-state index contributed by atoms with van der Waals surface area (Å²) in [6, 6.07) is 0. The zero-order valence-corrected chi connectivity index (χ0v) is 17.9. The van der Waals surface area contributed by atoms with Crippen molar-refractivity contribution in [1.82, 2.24) is 15.0 Å². The van der Waals surface area contributed by atoms with Gasteiger partial charge in [-0.05, 0) is 47.0 Å². The first kappa shape index (κ1) is 24.0. The van der Waals surface area contributed by atoms with Gasteiger partial charge < -0.3 is 19.6 Å². The van der Waals surface area contributed by atoms with Crippen molar-refractivity contribution in [3.8, 4) is 0 Å². The van der Waals surface area contributed by atoms with Crippen LogP contribution in [0, 0.1) is 0 Å². The fourth-order valence-corrected chi connectivity index (χ4v) is 4.47. The van der Waals surface area contributed by atoms with E-state index in [1.165, 1.54) is 22.0 Å². The number of hydrogen-bond acceptors (Lipinski definition) is 4. The second kappa shape index (κ2) is 9.41. The Labute approximate surface area is 159 Å². The van der Waals surface area contributed by atoms with Crippen LogP contribution in [0.1, 0.15) is 52.7 Å². The van der Waals surface area contributed by atoms with Crippen LogP contribution in [0.4, 0.5) is 0 Å². The van der Waals surface area contributed by atoms with Gasteiger partial charge in [-0.25, -0.2) is 0 Å². The van der Waals surface area contributed by atoms with Crippen molar-refractivity contribution < 1.29 is 28.7 Å². The molecule has 1 aromatic rings. The third kappa shape index (κ3) is 7.11. The SMILES string of the molecule is CC(C)=CCC/C(C)=C\CCn1cc(CC(C)(P(=O)(O)O)P(=O)(O)O)nn1. The quantitative estimate of drug-likeness (QED) is 0.333. The number of aryl methyl sites for hydroxylation is 1. The lowest BCUT2D eigenvalue weighted by Crippen LogP contribution is -2.28. The fraction of sp³-hybridized carbons (Fsp3) is 0.625. The largest absolute Gasteiger partial charge is 0.343 e. The van der Waals surface area contributed by atoms with Crippen molar-refractivity contribution in [2.24, 2.45) is 0 Å². The van der Waals surface area contributed by atoms with E-state index in [0.717, 1.165) is 19.8 Å². The number of nitrogens with zero attached hydrogens (tertiary/aromatic N) is 3. The lowest BCUT2D eigenvalue weighted by atomic mass is 10.1. The number of hydrogen-bond donors (Lipinski definition) is 4. The fourth-order valence-electron chi connectivity index (χ4n) is 2.38. The van der Waals surface area contributed by atoms with Crippen molar-refractivity contribution in [3.63, 3.8) is 0 Å². The summed E-state index contributed by atoms with van der Waals surface area (Å²) in [5.74, 6) is 0. The molecular formula is C16H29N3O6P2. The molecular weight excluding hydrogens is 392 g/mol. The molecule has 0 radical (unpaired) electrons. The van der Waals surface area contributed by atoms with Gasteiger partial charge in [-0.3, -0.25) is 13.8 Å². The lowest BCUT2D eigenvalue weighted by molar-refractivity contribution is 0.311. The minimum absolute atomic E-state index is 0.119. The molecule has 0 aromatic carbocycles. The Balaban J connectivity index is 2.72. The zero-order valence-electron chi connectivity index (χ0n) is 16.1. The van der Waals surface area contributed by atoms with Crippen LogP contribution in [-0.4, -0.2) is 39.5 Å². The maximum Gasteiger partial charge on any atom is 0.343 e. The third-order valence-corrected chi connectivity index (χ3v) is 8.69. The van der Waals surface area contributed by atoms with E-state index in [9.17, 15) is 28.7 Å². The van der Waals surface area contributed by atoms with Crippen molar-refractivity contribution in [3.05, 3.63) is 35.2 Å². The number of rotatable bonds is 10. The second-order valence-electron chi connectivity index (χ2n) is 7.11. The standard InChI is InChI=1S/C16H29N3O6P2/c1-13(2)7-5-8-14(3)9-6-10-19-12-15(17-18-19)11-16(4,26(20,21)22)27(23,24)25/h7,9,12H,5-6,8,10-11H2,1-4H3,(H2,20,21,22)(H2,23,24,25)/b14-9-. The highest BCUT2D eigenvalue weighted by Crippen LogP contribution is 2.69. The second-order valence-corrected chi connectivity index (χ2v) is 11.6. The highest BCUT2D eigenvalue weighted by atomic mass is 31.2. The van der Waals surface area contributed by atoms with Crippen LogP contribution in [0.3, 0.4) is 0 Å². The predicted octanol–water partition coefficient (Wildman–Crippen LogP) is 2.98. The van der Waals surface area contributed by atoms with Gasteiger partial charge in [0.25, 0.3) is 0 Å². The molecule has 154 valence electrons. The summed E-state index contributed by atoms with van der Waals surface area (Å²) in [4.78, 5) is 35.1. The van der Waals surface area contributed by atoms with Gasteiger partial charge in [-0.15, -0.1) is 5.10 Å². The molecule has 0 aliphatic rings. The molecule has 1 rings (SSSR count). The Morgan fingerprint density at radius 2 is 1.70 bits per heavy atom. The number of allylic oxidation sites excluding steroid dienone is 4. The van der Waals surface area contributed by atoms with Crippen LogP contribution in [0.15, 0.2) is 29.5 Å². The molecule has 0 spiro atoms. The van der Waals surface area contributed by atoms with Gasteiger partial charge in [0.15, 0.2) is 4.90 Å². The van der Waals surface area contributed by atoms with Gasteiger partial charge in [-0.1, -0.05) is 28.5 Å².